The summed E-state index contributed by atoms with van der Waals surface area (Å²) in [5.74, 6) is 1.09. The van der Waals surface area contributed by atoms with Gasteiger partial charge in [0.25, 0.3) is 0 Å². The second-order valence-electron chi connectivity index (χ2n) is 4.20. The number of thioether (sulfide) groups is 1. The van der Waals surface area contributed by atoms with Gasteiger partial charge in [0.2, 0.25) is 0 Å². The molecule has 1 heterocycles. The van der Waals surface area contributed by atoms with E-state index in [9.17, 15) is 4.79 Å². The number of fused-ring (bicyclic) bond motifs is 1. The van der Waals surface area contributed by atoms with Crippen LogP contribution in [0.2, 0.25) is 5.02 Å². The first-order valence-corrected chi connectivity index (χ1v) is 7.17. The second kappa shape index (κ2) is 4.79. The summed E-state index contributed by atoms with van der Waals surface area (Å²) in [6.45, 7) is 0. The molecule has 0 saturated heterocycles. The van der Waals surface area contributed by atoms with E-state index in [0.29, 0.717) is 0 Å². The van der Waals surface area contributed by atoms with Gasteiger partial charge in [-0.1, -0.05) is 41.9 Å². The molecule has 0 spiro atoms. The van der Waals surface area contributed by atoms with Gasteiger partial charge in [-0.3, -0.25) is 4.79 Å². The van der Waals surface area contributed by atoms with Crippen molar-refractivity contribution in [2.45, 2.75) is 11.3 Å². The molecule has 0 bridgehead atoms. The first kappa shape index (κ1) is 11.8. The van der Waals surface area contributed by atoms with Gasteiger partial charge in [-0.15, -0.1) is 11.8 Å². The molecule has 0 aromatic heterocycles. The fourth-order valence-electron chi connectivity index (χ4n) is 2.18. The van der Waals surface area contributed by atoms with E-state index in [1.165, 1.54) is 0 Å². The predicted molar refractivity (Wildman–Crippen MR) is 75.8 cm³/mol. The summed E-state index contributed by atoms with van der Waals surface area (Å²) in [6, 6.07) is 13.1. The van der Waals surface area contributed by atoms with E-state index in [1.54, 1.807) is 11.8 Å². The molecular formula is C15H11ClOS. The van der Waals surface area contributed by atoms with Gasteiger partial charge in [-0.2, -0.15) is 0 Å². The number of hydrogen-bond acceptors (Lipinski definition) is 2. The fourth-order valence-corrected chi connectivity index (χ4v) is 3.70. The smallest absolute Gasteiger partial charge is 0.194 e. The zero-order valence-corrected chi connectivity index (χ0v) is 11.2. The zero-order chi connectivity index (χ0) is 12.5. The number of benzene rings is 2. The van der Waals surface area contributed by atoms with Gasteiger partial charge >= 0.3 is 0 Å². The third-order valence-corrected chi connectivity index (χ3v) is 4.60. The first-order valence-electron chi connectivity index (χ1n) is 5.81. The van der Waals surface area contributed by atoms with E-state index >= 15 is 0 Å². The Morgan fingerprint density at radius 2 is 1.89 bits per heavy atom. The van der Waals surface area contributed by atoms with Gasteiger partial charge in [0.15, 0.2) is 5.78 Å². The first-order chi connectivity index (χ1) is 8.77. The lowest BCUT2D eigenvalue weighted by Gasteiger charge is -2.08. The Morgan fingerprint density at radius 3 is 2.67 bits per heavy atom. The highest BCUT2D eigenvalue weighted by atomic mass is 35.5. The van der Waals surface area contributed by atoms with Gasteiger partial charge < -0.3 is 0 Å². The molecule has 0 radical (unpaired) electrons. The summed E-state index contributed by atoms with van der Waals surface area (Å²) >= 11 is 7.89. The molecule has 0 aliphatic carbocycles. The monoisotopic (exact) mass is 274 g/mol. The third-order valence-electron chi connectivity index (χ3n) is 3.08. The molecule has 3 heteroatoms. The maximum atomic E-state index is 12.5. The Balaban J connectivity index is 2.09. The molecule has 0 atom stereocenters. The molecule has 0 saturated carbocycles. The fraction of sp³-hybridized carbons (Fsp3) is 0.133. The van der Waals surface area contributed by atoms with Gasteiger partial charge in [0.1, 0.15) is 0 Å². The summed E-state index contributed by atoms with van der Waals surface area (Å²) in [6.07, 6.45) is 0.953. The maximum Gasteiger partial charge on any atom is 0.194 e. The van der Waals surface area contributed by atoms with Crippen LogP contribution < -0.4 is 0 Å². The molecule has 90 valence electrons. The average molecular weight is 275 g/mol. The number of ketones is 1. The van der Waals surface area contributed by atoms with Crippen LogP contribution in [0.15, 0.2) is 47.4 Å². The van der Waals surface area contributed by atoms with Crippen LogP contribution >= 0.6 is 23.4 Å². The Morgan fingerprint density at radius 1 is 1.11 bits per heavy atom. The van der Waals surface area contributed by atoms with Gasteiger partial charge in [0, 0.05) is 26.8 Å². The van der Waals surface area contributed by atoms with Crippen LogP contribution in [0.1, 0.15) is 21.5 Å². The summed E-state index contributed by atoms with van der Waals surface area (Å²) in [5.41, 5.74) is 2.64. The topological polar surface area (TPSA) is 17.1 Å². The lowest BCUT2D eigenvalue weighted by Crippen LogP contribution is -2.03. The summed E-state index contributed by atoms with van der Waals surface area (Å²) in [5, 5.41) is 0.777. The molecular weight excluding hydrogens is 264 g/mol. The van der Waals surface area contributed by atoms with Crippen molar-refractivity contribution in [2.75, 3.05) is 5.75 Å². The Labute approximate surface area is 115 Å². The van der Waals surface area contributed by atoms with Crippen molar-refractivity contribution in [3.05, 3.63) is 64.2 Å². The molecule has 2 aromatic carbocycles. The summed E-state index contributed by atoms with van der Waals surface area (Å²) in [7, 11) is 0. The van der Waals surface area contributed by atoms with E-state index in [0.717, 1.165) is 38.8 Å². The van der Waals surface area contributed by atoms with Crippen LogP contribution in [0.25, 0.3) is 0 Å². The molecule has 1 nitrogen and oxygen atoms in total. The molecule has 1 aliphatic rings. The lowest BCUT2D eigenvalue weighted by atomic mass is 10.0. The van der Waals surface area contributed by atoms with Gasteiger partial charge in [-0.05, 0) is 24.1 Å². The second-order valence-corrected chi connectivity index (χ2v) is 5.71. The highest BCUT2D eigenvalue weighted by molar-refractivity contribution is 7.99. The number of carbonyl (C=O) groups excluding carboxylic acids is 1. The van der Waals surface area contributed by atoms with Crippen molar-refractivity contribution in [3.8, 4) is 0 Å². The maximum absolute atomic E-state index is 12.5. The minimum absolute atomic E-state index is 0.0814. The minimum Gasteiger partial charge on any atom is -0.289 e. The Hall–Kier alpha value is -1.25. The minimum atomic E-state index is 0.0814. The van der Waals surface area contributed by atoms with E-state index in [2.05, 4.69) is 0 Å². The predicted octanol–water partition coefficient (Wildman–Crippen LogP) is 4.22. The number of hydrogen-bond donors (Lipinski definition) is 0. The van der Waals surface area contributed by atoms with Crippen LogP contribution in [0, 0.1) is 0 Å². The van der Waals surface area contributed by atoms with Crippen LogP contribution in [0.4, 0.5) is 0 Å². The van der Waals surface area contributed by atoms with Crippen LogP contribution in [-0.4, -0.2) is 11.5 Å². The van der Waals surface area contributed by atoms with Crippen LogP contribution in [-0.2, 0) is 6.42 Å². The van der Waals surface area contributed by atoms with E-state index in [1.807, 2.05) is 42.5 Å². The summed E-state index contributed by atoms with van der Waals surface area (Å²) in [4.78, 5) is 13.5. The molecule has 3 rings (SSSR count). The number of rotatable bonds is 2. The van der Waals surface area contributed by atoms with Crippen molar-refractivity contribution < 1.29 is 4.79 Å². The summed E-state index contributed by atoms with van der Waals surface area (Å²) < 4.78 is 0. The highest BCUT2D eigenvalue weighted by Gasteiger charge is 2.22. The largest absolute Gasteiger partial charge is 0.289 e. The van der Waals surface area contributed by atoms with Crippen LogP contribution in [0.3, 0.4) is 0 Å². The third kappa shape index (κ3) is 1.96. The van der Waals surface area contributed by atoms with E-state index in [4.69, 9.17) is 11.6 Å². The van der Waals surface area contributed by atoms with Gasteiger partial charge in [-0.25, -0.2) is 0 Å². The quantitative estimate of drug-likeness (QED) is 0.763. The van der Waals surface area contributed by atoms with Crippen molar-refractivity contribution in [1.82, 2.24) is 0 Å². The molecule has 2 aromatic rings. The van der Waals surface area contributed by atoms with Crippen molar-refractivity contribution in [2.24, 2.45) is 0 Å². The molecule has 0 N–H and O–H groups in total. The number of carbonyl (C=O) groups is 1. The van der Waals surface area contributed by atoms with Gasteiger partial charge in [0.05, 0.1) is 0 Å². The highest BCUT2D eigenvalue weighted by Crippen LogP contribution is 2.39. The molecule has 0 amide bonds. The molecule has 18 heavy (non-hydrogen) atoms. The van der Waals surface area contributed by atoms with E-state index < -0.39 is 0 Å². The average Bonchev–Trinajstić information content (AvgIpc) is 2.90. The van der Waals surface area contributed by atoms with Crippen molar-refractivity contribution in [3.63, 3.8) is 0 Å². The van der Waals surface area contributed by atoms with Crippen molar-refractivity contribution >= 4 is 29.1 Å². The van der Waals surface area contributed by atoms with E-state index in [-0.39, 0.29) is 5.78 Å². The molecule has 1 aliphatic heterocycles. The van der Waals surface area contributed by atoms with Crippen LogP contribution in [0.5, 0.6) is 0 Å². The van der Waals surface area contributed by atoms with Crippen molar-refractivity contribution in [1.29, 1.82) is 0 Å². The number of halogens is 1. The standard InChI is InChI=1S/C15H11ClOS/c16-13-7-6-12(15-11(13)8-9-18-15)14(17)10-4-2-1-3-5-10/h1-7H,8-9H2. The SMILES string of the molecule is O=C(c1ccccc1)c1ccc(Cl)c2c1SCC2. The molecule has 0 unspecified atom stereocenters. The zero-order valence-electron chi connectivity index (χ0n) is 9.65. The Bertz CT molecular complexity index is 607. The Kier molecular flexibility index (Phi) is 3.14. The normalized spacial score (nSPS) is 13.4. The molecule has 0 fully saturated rings. The lowest BCUT2D eigenvalue weighted by molar-refractivity contribution is 0.103.